The molecule has 0 fully saturated rings. The lowest BCUT2D eigenvalue weighted by Crippen LogP contribution is -2.22. The van der Waals surface area contributed by atoms with E-state index in [0.717, 1.165) is 4.90 Å². The zero-order valence-corrected chi connectivity index (χ0v) is 12.5. The minimum Gasteiger partial charge on any atom is -0.266 e. The number of rotatable bonds is 3. The summed E-state index contributed by atoms with van der Waals surface area (Å²) in [4.78, 5) is 14.1. The first kappa shape index (κ1) is 13.9. The SMILES string of the molecule is O=c1c(Sc2ccccc2)cc(Cl)nn1-c1ccccc1. The largest absolute Gasteiger partial charge is 0.285 e. The van der Waals surface area contributed by atoms with Crippen molar-refractivity contribution >= 4 is 23.4 Å². The highest BCUT2D eigenvalue weighted by Crippen LogP contribution is 2.26. The Morgan fingerprint density at radius 3 is 2.24 bits per heavy atom. The molecule has 3 aromatic rings. The maximum Gasteiger partial charge on any atom is 0.285 e. The first-order valence-electron chi connectivity index (χ1n) is 6.32. The molecule has 3 nitrogen and oxygen atoms in total. The Hall–Kier alpha value is -2.04. The Labute approximate surface area is 131 Å². The summed E-state index contributed by atoms with van der Waals surface area (Å²) in [6, 6.07) is 20.5. The van der Waals surface area contributed by atoms with Gasteiger partial charge < -0.3 is 0 Å². The van der Waals surface area contributed by atoms with Crippen LogP contribution in [0.2, 0.25) is 5.15 Å². The standard InChI is InChI=1S/C16H11ClN2OS/c17-15-11-14(21-13-9-5-2-6-10-13)16(20)19(18-15)12-7-3-1-4-8-12/h1-11H. The van der Waals surface area contributed by atoms with E-state index in [-0.39, 0.29) is 10.7 Å². The highest BCUT2D eigenvalue weighted by molar-refractivity contribution is 7.99. The molecule has 0 aliphatic carbocycles. The molecule has 104 valence electrons. The fourth-order valence-electron chi connectivity index (χ4n) is 1.88. The van der Waals surface area contributed by atoms with Crippen molar-refractivity contribution in [3.63, 3.8) is 0 Å². The minimum absolute atomic E-state index is 0.181. The quantitative estimate of drug-likeness (QED) is 0.732. The van der Waals surface area contributed by atoms with E-state index >= 15 is 0 Å². The van der Waals surface area contributed by atoms with Crippen molar-refractivity contribution in [2.24, 2.45) is 0 Å². The maximum atomic E-state index is 12.5. The second-order valence-electron chi connectivity index (χ2n) is 4.30. The van der Waals surface area contributed by atoms with Crippen molar-refractivity contribution in [2.75, 3.05) is 0 Å². The van der Waals surface area contributed by atoms with Gasteiger partial charge in [-0.25, -0.2) is 0 Å². The van der Waals surface area contributed by atoms with Crippen LogP contribution in [0.3, 0.4) is 0 Å². The molecule has 0 spiro atoms. The van der Waals surface area contributed by atoms with Crippen LogP contribution in [-0.2, 0) is 0 Å². The molecule has 2 aromatic carbocycles. The number of hydrogen-bond acceptors (Lipinski definition) is 3. The van der Waals surface area contributed by atoms with Crippen LogP contribution >= 0.6 is 23.4 Å². The van der Waals surface area contributed by atoms with Gasteiger partial charge in [-0.2, -0.15) is 9.78 Å². The summed E-state index contributed by atoms with van der Waals surface area (Å²) in [5.74, 6) is 0. The molecule has 0 atom stereocenters. The van der Waals surface area contributed by atoms with Gasteiger partial charge in [-0.3, -0.25) is 4.79 Å². The molecule has 1 aromatic heterocycles. The van der Waals surface area contributed by atoms with Gasteiger partial charge in [0, 0.05) is 4.90 Å². The van der Waals surface area contributed by atoms with E-state index in [2.05, 4.69) is 5.10 Å². The lowest BCUT2D eigenvalue weighted by Gasteiger charge is -2.07. The van der Waals surface area contributed by atoms with Gasteiger partial charge in [0.15, 0.2) is 5.15 Å². The van der Waals surface area contributed by atoms with E-state index in [1.807, 2.05) is 60.7 Å². The average Bonchev–Trinajstić information content (AvgIpc) is 2.52. The summed E-state index contributed by atoms with van der Waals surface area (Å²) in [6.07, 6.45) is 0. The fraction of sp³-hybridized carbons (Fsp3) is 0. The summed E-state index contributed by atoms with van der Waals surface area (Å²) < 4.78 is 1.33. The van der Waals surface area contributed by atoms with E-state index in [1.54, 1.807) is 6.07 Å². The lowest BCUT2D eigenvalue weighted by atomic mass is 10.3. The molecule has 0 aliphatic rings. The molecular formula is C16H11ClN2OS. The van der Waals surface area contributed by atoms with Gasteiger partial charge in [-0.1, -0.05) is 59.8 Å². The van der Waals surface area contributed by atoms with Gasteiger partial charge in [0.1, 0.15) is 0 Å². The Balaban J connectivity index is 2.07. The predicted molar refractivity (Wildman–Crippen MR) is 85.4 cm³/mol. The monoisotopic (exact) mass is 314 g/mol. The number of halogens is 1. The summed E-state index contributed by atoms with van der Waals surface area (Å²) >= 11 is 7.43. The van der Waals surface area contributed by atoms with Crippen molar-refractivity contribution < 1.29 is 0 Å². The predicted octanol–water partition coefficient (Wildman–Crippen LogP) is 4.04. The third-order valence-corrected chi connectivity index (χ3v) is 4.03. The van der Waals surface area contributed by atoms with Gasteiger partial charge >= 0.3 is 0 Å². The summed E-state index contributed by atoms with van der Waals surface area (Å²) in [5, 5.41) is 4.39. The maximum absolute atomic E-state index is 12.5. The highest BCUT2D eigenvalue weighted by Gasteiger charge is 2.10. The van der Waals surface area contributed by atoms with Crippen LogP contribution in [0.25, 0.3) is 5.69 Å². The Kier molecular flexibility index (Phi) is 4.08. The minimum atomic E-state index is -0.181. The average molecular weight is 315 g/mol. The van der Waals surface area contributed by atoms with Crippen LogP contribution in [0, 0.1) is 0 Å². The van der Waals surface area contributed by atoms with E-state index in [9.17, 15) is 4.79 Å². The molecule has 0 unspecified atom stereocenters. The van der Waals surface area contributed by atoms with Crippen molar-refractivity contribution in [1.82, 2.24) is 9.78 Å². The van der Waals surface area contributed by atoms with Crippen LogP contribution in [-0.4, -0.2) is 9.78 Å². The zero-order valence-electron chi connectivity index (χ0n) is 10.9. The Morgan fingerprint density at radius 1 is 0.952 bits per heavy atom. The normalized spacial score (nSPS) is 10.5. The number of benzene rings is 2. The molecule has 0 radical (unpaired) electrons. The Morgan fingerprint density at radius 2 is 1.57 bits per heavy atom. The van der Waals surface area contributed by atoms with E-state index in [4.69, 9.17) is 11.6 Å². The van der Waals surface area contributed by atoms with Gasteiger partial charge in [0.05, 0.1) is 10.6 Å². The summed E-state index contributed by atoms with van der Waals surface area (Å²) in [7, 11) is 0. The molecule has 1 heterocycles. The van der Waals surface area contributed by atoms with Gasteiger partial charge in [-0.15, -0.1) is 0 Å². The molecule has 0 bridgehead atoms. The first-order valence-corrected chi connectivity index (χ1v) is 7.52. The topological polar surface area (TPSA) is 34.9 Å². The van der Waals surface area contributed by atoms with Crippen LogP contribution < -0.4 is 5.56 Å². The van der Waals surface area contributed by atoms with Crippen LogP contribution in [0.5, 0.6) is 0 Å². The van der Waals surface area contributed by atoms with Crippen LogP contribution in [0.15, 0.2) is 81.3 Å². The van der Waals surface area contributed by atoms with Crippen LogP contribution in [0.4, 0.5) is 0 Å². The van der Waals surface area contributed by atoms with Crippen LogP contribution in [0.1, 0.15) is 0 Å². The second-order valence-corrected chi connectivity index (χ2v) is 5.80. The molecule has 5 heteroatoms. The van der Waals surface area contributed by atoms with E-state index in [1.165, 1.54) is 16.4 Å². The Bertz CT molecular complexity index is 804. The highest BCUT2D eigenvalue weighted by atomic mass is 35.5. The van der Waals surface area contributed by atoms with Crippen molar-refractivity contribution in [3.05, 3.63) is 82.2 Å². The van der Waals surface area contributed by atoms with Crippen molar-refractivity contribution in [3.8, 4) is 5.69 Å². The molecule has 0 amide bonds. The van der Waals surface area contributed by atoms with E-state index in [0.29, 0.717) is 10.6 Å². The molecular weight excluding hydrogens is 304 g/mol. The molecule has 0 aliphatic heterocycles. The van der Waals surface area contributed by atoms with Gasteiger partial charge in [-0.05, 0) is 30.3 Å². The molecule has 21 heavy (non-hydrogen) atoms. The summed E-state index contributed by atoms with van der Waals surface area (Å²) in [6.45, 7) is 0. The number of nitrogens with zero attached hydrogens (tertiary/aromatic N) is 2. The third kappa shape index (κ3) is 3.17. The van der Waals surface area contributed by atoms with E-state index < -0.39 is 0 Å². The van der Waals surface area contributed by atoms with Crippen molar-refractivity contribution in [2.45, 2.75) is 9.79 Å². The van der Waals surface area contributed by atoms with Gasteiger partial charge in [0.25, 0.3) is 5.56 Å². The first-order chi connectivity index (χ1) is 10.2. The second kappa shape index (κ2) is 6.16. The molecule has 0 saturated carbocycles. The lowest BCUT2D eigenvalue weighted by molar-refractivity contribution is 0.782. The molecule has 3 rings (SSSR count). The third-order valence-electron chi connectivity index (χ3n) is 2.82. The number of hydrogen-bond donors (Lipinski definition) is 0. The van der Waals surface area contributed by atoms with Gasteiger partial charge in [0.2, 0.25) is 0 Å². The molecule has 0 N–H and O–H groups in total. The summed E-state index contributed by atoms with van der Waals surface area (Å²) in [5.41, 5.74) is 0.513. The zero-order chi connectivity index (χ0) is 14.7. The fourth-order valence-corrected chi connectivity index (χ4v) is 3.02. The molecule has 0 saturated heterocycles. The number of para-hydroxylation sites is 1. The van der Waals surface area contributed by atoms with Crippen molar-refractivity contribution in [1.29, 1.82) is 0 Å². The number of aromatic nitrogens is 2. The smallest absolute Gasteiger partial charge is 0.266 e.